The molecule has 3 aromatic rings. The van der Waals surface area contributed by atoms with Crippen LogP contribution in [-0.4, -0.2) is 57.5 Å². The summed E-state index contributed by atoms with van der Waals surface area (Å²) in [6, 6.07) is 12.4. The molecule has 1 N–H and O–H groups in total. The van der Waals surface area contributed by atoms with E-state index in [0.717, 1.165) is 16.4 Å². The number of benzene rings is 3. The van der Waals surface area contributed by atoms with Crippen molar-refractivity contribution in [3.05, 3.63) is 82.1 Å². The van der Waals surface area contributed by atoms with Crippen LogP contribution in [0.4, 0.5) is 10.1 Å². The number of methoxy groups -OCH3 is 2. The number of hydrogen-bond donors (Lipinski definition) is 1. The summed E-state index contributed by atoms with van der Waals surface area (Å²) in [5.41, 5.74) is 0.000598. The number of anilines is 1. The molecular weight excluding hydrogens is 620 g/mol. The number of carbonyl (C=O) groups excluding carboxylic acids is 2. The molecule has 0 aromatic heterocycles. The summed E-state index contributed by atoms with van der Waals surface area (Å²) < 4.78 is 53.2. The predicted octanol–water partition coefficient (Wildman–Crippen LogP) is 5.68. The number of hydrogen-bond acceptors (Lipinski definition) is 6. The SMILES string of the molecule is COc1ccc(S(=O)(=O)N(CC(=O)N(Cc2ccc(Cl)c(Cl)c2)C(C)C(=O)NC(C)(C)C)c2ccc(F)cc2)cc1OC. The Labute approximate surface area is 261 Å². The van der Waals surface area contributed by atoms with E-state index in [0.29, 0.717) is 16.3 Å². The Kier molecular flexibility index (Phi) is 10.9. The highest BCUT2D eigenvalue weighted by atomic mass is 35.5. The third-order valence-electron chi connectivity index (χ3n) is 6.34. The lowest BCUT2D eigenvalue weighted by atomic mass is 10.1. The van der Waals surface area contributed by atoms with Gasteiger partial charge in [-0.25, -0.2) is 12.8 Å². The second kappa shape index (κ2) is 13.8. The Hall–Kier alpha value is -3.54. The van der Waals surface area contributed by atoms with E-state index in [2.05, 4.69) is 5.32 Å². The second-order valence-corrected chi connectivity index (χ2v) is 13.4. The van der Waals surface area contributed by atoms with Gasteiger partial charge in [0.2, 0.25) is 11.8 Å². The third-order valence-corrected chi connectivity index (χ3v) is 8.85. The number of nitrogens with zero attached hydrogens (tertiary/aromatic N) is 2. The van der Waals surface area contributed by atoms with Crippen LogP contribution < -0.4 is 19.1 Å². The van der Waals surface area contributed by atoms with Gasteiger partial charge in [-0.15, -0.1) is 0 Å². The lowest BCUT2D eigenvalue weighted by Gasteiger charge is -2.33. The molecule has 0 fully saturated rings. The first-order valence-corrected chi connectivity index (χ1v) is 15.3. The van der Waals surface area contributed by atoms with E-state index in [1.165, 1.54) is 49.5 Å². The standard InChI is InChI=1S/C30H34Cl2FN3O6S/c1-19(29(38)34-30(2,3)4)35(17-20-7-13-24(31)25(32)15-20)28(37)18-36(22-10-8-21(33)9-11-22)43(39,40)23-12-14-26(41-5)27(16-23)42-6/h7-16,19H,17-18H2,1-6H3,(H,34,38). The number of amides is 2. The molecule has 0 saturated heterocycles. The molecule has 3 aromatic carbocycles. The first-order valence-electron chi connectivity index (χ1n) is 13.1. The molecule has 0 aliphatic carbocycles. The van der Waals surface area contributed by atoms with E-state index in [4.69, 9.17) is 32.7 Å². The zero-order valence-corrected chi connectivity index (χ0v) is 27.0. The van der Waals surface area contributed by atoms with Crippen molar-refractivity contribution in [1.82, 2.24) is 10.2 Å². The van der Waals surface area contributed by atoms with Gasteiger partial charge in [0.25, 0.3) is 10.0 Å². The van der Waals surface area contributed by atoms with Gasteiger partial charge in [-0.1, -0.05) is 29.3 Å². The van der Waals surface area contributed by atoms with E-state index in [1.54, 1.807) is 45.9 Å². The topological polar surface area (TPSA) is 105 Å². The van der Waals surface area contributed by atoms with Crippen LogP contribution in [0.3, 0.4) is 0 Å². The van der Waals surface area contributed by atoms with Gasteiger partial charge in [0.05, 0.1) is 34.8 Å². The van der Waals surface area contributed by atoms with Crippen LogP contribution >= 0.6 is 23.2 Å². The van der Waals surface area contributed by atoms with E-state index < -0.39 is 45.8 Å². The minimum absolute atomic E-state index is 0.0332. The quantitative estimate of drug-likeness (QED) is 0.286. The van der Waals surface area contributed by atoms with Crippen LogP contribution in [0, 0.1) is 5.82 Å². The van der Waals surface area contributed by atoms with Crippen molar-refractivity contribution in [2.24, 2.45) is 0 Å². The number of nitrogens with one attached hydrogen (secondary N) is 1. The maximum atomic E-state index is 14.0. The van der Waals surface area contributed by atoms with E-state index in [9.17, 15) is 22.4 Å². The smallest absolute Gasteiger partial charge is 0.264 e. The summed E-state index contributed by atoms with van der Waals surface area (Å²) in [7, 11) is -1.65. The van der Waals surface area contributed by atoms with Gasteiger partial charge in [-0.05, 0) is 81.8 Å². The molecule has 2 amide bonds. The highest BCUT2D eigenvalue weighted by Gasteiger charge is 2.34. The van der Waals surface area contributed by atoms with Gasteiger partial charge >= 0.3 is 0 Å². The minimum Gasteiger partial charge on any atom is -0.493 e. The third kappa shape index (κ3) is 8.52. The molecular formula is C30H34Cl2FN3O6S. The summed E-state index contributed by atoms with van der Waals surface area (Å²) in [5, 5.41) is 3.41. The molecule has 0 spiro atoms. The van der Waals surface area contributed by atoms with Gasteiger partial charge < -0.3 is 19.7 Å². The molecule has 0 bridgehead atoms. The van der Waals surface area contributed by atoms with Crippen molar-refractivity contribution in [3.63, 3.8) is 0 Å². The number of carbonyl (C=O) groups is 2. The maximum Gasteiger partial charge on any atom is 0.264 e. The lowest BCUT2D eigenvalue weighted by Crippen LogP contribution is -2.54. The first kappa shape index (κ1) is 34.0. The number of halogens is 3. The average molecular weight is 655 g/mol. The molecule has 3 rings (SSSR count). The summed E-state index contributed by atoms with van der Waals surface area (Å²) in [5.74, 6) is -1.28. The molecule has 0 heterocycles. The Morgan fingerprint density at radius 3 is 2.12 bits per heavy atom. The number of rotatable bonds is 11. The molecule has 13 heteroatoms. The Bertz CT molecular complexity index is 1580. The van der Waals surface area contributed by atoms with E-state index >= 15 is 0 Å². The minimum atomic E-state index is -4.42. The van der Waals surface area contributed by atoms with Gasteiger partial charge in [-0.2, -0.15) is 0 Å². The van der Waals surface area contributed by atoms with Crippen molar-refractivity contribution >= 4 is 50.7 Å². The fourth-order valence-electron chi connectivity index (χ4n) is 4.13. The normalized spacial score (nSPS) is 12.3. The van der Waals surface area contributed by atoms with Gasteiger partial charge in [0.1, 0.15) is 18.4 Å². The Morgan fingerprint density at radius 2 is 1.56 bits per heavy atom. The largest absolute Gasteiger partial charge is 0.493 e. The van der Waals surface area contributed by atoms with Gasteiger partial charge in [0.15, 0.2) is 11.5 Å². The highest BCUT2D eigenvalue weighted by molar-refractivity contribution is 7.92. The summed E-state index contributed by atoms with van der Waals surface area (Å²) >= 11 is 12.3. The van der Waals surface area contributed by atoms with Crippen LogP contribution in [0.1, 0.15) is 33.3 Å². The zero-order chi connectivity index (χ0) is 32.1. The number of sulfonamides is 1. The molecule has 0 saturated carbocycles. The molecule has 0 radical (unpaired) electrons. The fourth-order valence-corrected chi connectivity index (χ4v) is 5.88. The van der Waals surface area contributed by atoms with Crippen molar-refractivity contribution in [1.29, 1.82) is 0 Å². The molecule has 232 valence electrons. The molecule has 0 aliphatic heterocycles. The van der Waals surface area contributed by atoms with Crippen molar-refractivity contribution in [3.8, 4) is 11.5 Å². The Balaban J connectivity index is 2.09. The van der Waals surface area contributed by atoms with Crippen molar-refractivity contribution < 1.29 is 31.9 Å². The maximum absolute atomic E-state index is 14.0. The average Bonchev–Trinajstić information content (AvgIpc) is 2.95. The van der Waals surface area contributed by atoms with Crippen molar-refractivity contribution in [2.75, 3.05) is 25.1 Å². The molecule has 1 unspecified atom stereocenters. The Morgan fingerprint density at radius 1 is 0.930 bits per heavy atom. The second-order valence-electron chi connectivity index (χ2n) is 10.7. The van der Waals surface area contributed by atoms with Gasteiger partial charge in [0, 0.05) is 18.2 Å². The monoisotopic (exact) mass is 653 g/mol. The molecule has 0 aliphatic rings. The van der Waals surface area contributed by atoms with Crippen LogP contribution in [0.15, 0.2) is 65.6 Å². The van der Waals surface area contributed by atoms with E-state index in [1.807, 2.05) is 0 Å². The summed E-state index contributed by atoms with van der Waals surface area (Å²) in [6.45, 7) is 6.15. The number of ether oxygens (including phenoxy) is 2. The molecule has 9 nitrogen and oxygen atoms in total. The van der Waals surface area contributed by atoms with Crippen molar-refractivity contribution in [2.45, 2.75) is 50.7 Å². The molecule has 1 atom stereocenters. The van der Waals surface area contributed by atoms with Gasteiger partial charge in [-0.3, -0.25) is 13.9 Å². The first-order chi connectivity index (χ1) is 20.1. The van der Waals surface area contributed by atoms with Crippen LogP contribution in [0.2, 0.25) is 10.0 Å². The van der Waals surface area contributed by atoms with E-state index in [-0.39, 0.29) is 27.9 Å². The van der Waals surface area contributed by atoms with Crippen LogP contribution in [0.25, 0.3) is 0 Å². The van der Waals surface area contributed by atoms with Crippen LogP contribution in [-0.2, 0) is 26.2 Å². The lowest BCUT2D eigenvalue weighted by molar-refractivity contribution is -0.140. The van der Waals surface area contributed by atoms with Crippen LogP contribution in [0.5, 0.6) is 11.5 Å². The fraction of sp³-hybridized carbons (Fsp3) is 0.333. The molecule has 43 heavy (non-hydrogen) atoms. The summed E-state index contributed by atoms with van der Waals surface area (Å²) in [6.07, 6.45) is 0. The zero-order valence-electron chi connectivity index (χ0n) is 24.7. The highest BCUT2D eigenvalue weighted by Crippen LogP contribution is 2.32. The summed E-state index contributed by atoms with van der Waals surface area (Å²) in [4.78, 5) is 28.3. The predicted molar refractivity (Wildman–Crippen MR) is 165 cm³/mol.